The Kier molecular flexibility index (Phi) is 8.70. The molecule has 5 nitrogen and oxygen atoms in total. The van der Waals surface area contributed by atoms with Crippen LogP contribution in [0.15, 0.2) is 72.8 Å². The number of likely N-dealkylation sites (tertiary alicyclic amines) is 1. The molecule has 0 spiro atoms. The minimum Gasteiger partial charge on any atom is -0.378 e. The first kappa shape index (κ1) is 28.7. The summed E-state index contributed by atoms with van der Waals surface area (Å²) < 4.78 is 0. The van der Waals surface area contributed by atoms with Gasteiger partial charge in [0.05, 0.1) is 0 Å². The van der Waals surface area contributed by atoms with Crippen molar-refractivity contribution < 1.29 is 9.59 Å². The summed E-state index contributed by atoms with van der Waals surface area (Å²) in [6, 6.07) is 23.3. The number of piperidine rings is 1. The van der Waals surface area contributed by atoms with Crippen molar-refractivity contribution in [2.24, 2.45) is 11.3 Å². The van der Waals surface area contributed by atoms with Crippen LogP contribution >= 0.6 is 11.6 Å². The highest BCUT2D eigenvalue weighted by Gasteiger charge is 2.40. The average Bonchev–Trinajstić information content (AvgIpc) is 2.91. The molecule has 1 fully saturated rings. The fraction of sp³-hybridized carbons (Fsp3) is 0.394. The second kappa shape index (κ2) is 11.8. The van der Waals surface area contributed by atoms with E-state index in [0.29, 0.717) is 24.6 Å². The fourth-order valence-electron chi connectivity index (χ4n) is 5.58. The Morgan fingerprint density at radius 3 is 2.23 bits per heavy atom. The molecule has 3 aromatic rings. The molecular formula is C33H40ClN3O2. The highest BCUT2D eigenvalue weighted by atomic mass is 35.5. The molecule has 2 atom stereocenters. The molecule has 1 aliphatic rings. The topological polar surface area (TPSA) is 52.7 Å². The number of hydrogen-bond donors (Lipinski definition) is 1. The maximum absolute atomic E-state index is 13.7. The zero-order chi connectivity index (χ0) is 28.3. The number of hydrogen-bond acceptors (Lipinski definition) is 3. The van der Waals surface area contributed by atoms with Crippen molar-refractivity contribution in [1.82, 2.24) is 10.2 Å². The van der Waals surface area contributed by atoms with Gasteiger partial charge in [-0.2, -0.15) is 0 Å². The molecule has 0 aromatic heterocycles. The lowest BCUT2D eigenvalue weighted by atomic mass is 9.70. The van der Waals surface area contributed by atoms with E-state index in [1.807, 2.05) is 63.2 Å². The molecule has 3 aromatic carbocycles. The first-order chi connectivity index (χ1) is 18.5. The lowest BCUT2D eigenvalue weighted by Crippen LogP contribution is -2.55. The SMILES string of the molecule is CC(C)[C@@H](NC(=O)c1cccc(-c2ccc(N(C)C)cc2)c1)C(=O)N1CC[C@H](c2ccc(Cl)cc2)C(C)(C)C1. The molecule has 1 heterocycles. The van der Waals surface area contributed by atoms with Gasteiger partial charge in [0.25, 0.3) is 5.91 Å². The van der Waals surface area contributed by atoms with Crippen LogP contribution in [0.4, 0.5) is 5.69 Å². The van der Waals surface area contributed by atoms with Crippen LogP contribution in [-0.4, -0.2) is 49.9 Å². The Hall–Kier alpha value is -3.31. The first-order valence-corrected chi connectivity index (χ1v) is 14.1. The Morgan fingerprint density at radius 1 is 0.974 bits per heavy atom. The van der Waals surface area contributed by atoms with E-state index >= 15 is 0 Å². The predicted molar refractivity (Wildman–Crippen MR) is 161 cm³/mol. The lowest BCUT2D eigenvalue weighted by Gasteiger charge is -2.45. The Bertz CT molecular complexity index is 1300. The van der Waals surface area contributed by atoms with Crippen molar-refractivity contribution in [3.05, 3.63) is 88.9 Å². The molecule has 0 unspecified atom stereocenters. The summed E-state index contributed by atoms with van der Waals surface area (Å²) in [5, 5.41) is 3.79. The lowest BCUT2D eigenvalue weighted by molar-refractivity contribution is -0.137. The summed E-state index contributed by atoms with van der Waals surface area (Å²) in [6.07, 6.45) is 0.869. The van der Waals surface area contributed by atoms with Crippen molar-refractivity contribution in [3.63, 3.8) is 0 Å². The van der Waals surface area contributed by atoms with Gasteiger partial charge in [0, 0.05) is 43.5 Å². The fourth-order valence-corrected chi connectivity index (χ4v) is 5.71. The van der Waals surface area contributed by atoms with Crippen molar-refractivity contribution in [2.75, 3.05) is 32.1 Å². The minimum absolute atomic E-state index is 0.0172. The van der Waals surface area contributed by atoms with Crippen LogP contribution in [0.1, 0.15) is 56.0 Å². The molecule has 2 amide bonds. The molecule has 39 heavy (non-hydrogen) atoms. The number of amides is 2. The van der Waals surface area contributed by atoms with Gasteiger partial charge in [0.2, 0.25) is 5.91 Å². The van der Waals surface area contributed by atoms with Gasteiger partial charge in [-0.05, 0) is 76.8 Å². The van der Waals surface area contributed by atoms with E-state index in [4.69, 9.17) is 11.6 Å². The second-order valence-electron chi connectivity index (χ2n) is 11.9. The van der Waals surface area contributed by atoms with Crippen LogP contribution in [0, 0.1) is 11.3 Å². The summed E-state index contributed by atoms with van der Waals surface area (Å²) in [7, 11) is 4.02. The maximum atomic E-state index is 13.7. The van der Waals surface area contributed by atoms with Crippen molar-refractivity contribution in [1.29, 1.82) is 0 Å². The van der Waals surface area contributed by atoms with Gasteiger partial charge in [0.15, 0.2) is 0 Å². The molecule has 206 valence electrons. The Labute approximate surface area is 238 Å². The third-order valence-corrected chi connectivity index (χ3v) is 8.13. The summed E-state index contributed by atoms with van der Waals surface area (Å²) in [5.74, 6) is 0.0429. The van der Waals surface area contributed by atoms with E-state index in [1.165, 1.54) is 5.56 Å². The highest BCUT2D eigenvalue weighted by Crippen LogP contribution is 2.42. The van der Waals surface area contributed by atoms with E-state index in [0.717, 1.165) is 28.3 Å². The van der Waals surface area contributed by atoms with E-state index in [2.05, 4.69) is 60.5 Å². The predicted octanol–water partition coefficient (Wildman–Crippen LogP) is 6.87. The third-order valence-electron chi connectivity index (χ3n) is 7.87. The van der Waals surface area contributed by atoms with E-state index in [1.54, 1.807) is 6.07 Å². The van der Waals surface area contributed by atoms with Crippen LogP contribution in [0.5, 0.6) is 0 Å². The molecule has 0 bridgehead atoms. The molecule has 1 aliphatic heterocycles. The van der Waals surface area contributed by atoms with Crippen LogP contribution in [0.25, 0.3) is 11.1 Å². The maximum Gasteiger partial charge on any atom is 0.251 e. The van der Waals surface area contributed by atoms with Gasteiger partial charge < -0.3 is 15.1 Å². The molecule has 1 saturated heterocycles. The number of halogens is 1. The van der Waals surface area contributed by atoms with Crippen LogP contribution in [-0.2, 0) is 4.79 Å². The van der Waals surface area contributed by atoms with Crippen LogP contribution < -0.4 is 10.2 Å². The summed E-state index contributed by atoms with van der Waals surface area (Å²) in [4.78, 5) is 31.1. The second-order valence-corrected chi connectivity index (χ2v) is 12.3. The minimum atomic E-state index is -0.594. The van der Waals surface area contributed by atoms with E-state index in [9.17, 15) is 9.59 Å². The molecule has 6 heteroatoms. The van der Waals surface area contributed by atoms with Gasteiger partial charge >= 0.3 is 0 Å². The van der Waals surface area contributed by atoms with Gasteiger partial charge in [-0.25, -0.2) is 0 Å². The number of carbonyl (C=O) groups excluding carboxylic acids is 2. The molecular weight excluding hydrogens is 506 g/mol. The summed E-state index contributed by atoms with van der Waals surface area (Å²) in [5.41, 5.74) is 4.81. The van der Waals surface area contributed by atoms with Gasteiger partial charge in [-0.3, -0.25) is 9.59 Å². The van der Waals surface area contributed by atoms with Gasteiger partial charge in [0.1, 0.15) is 6.04 Å². The van der Waals surface area contributed by atoms with Crippen molar-refractivity contribution in [3.8, 4) is 11.1 Å². The highest BCUT2D eigenvalue weighted by molar-refractivity contribution is 6.30. The largest absolute Gasteiger partial charge is 0.378 e. The molecule has 0 aliphatic carbocycles. The van der Waals surface area contributed by atoms with Crippen LogP contribution in [0.3, 0.4) is 0 Å². The standard InChI is InChI=1S/C33H40ClN3O2/c1-22(2)30(32(39)37-19-18-29(33(3,4)21-37)24-10-14-27(34)15-11-24)35-31(38)26-9-7-8-25(20-26)23-12-16-28(17-13-23)36(5)6/h7-17,20,22,29-30H,18-19,21H2,1-6H3,(H,35,38)/t29-,30-/m1/s1. The van der Waals surface area contributed by atoms with Crippen LogP contribution in [0.2, 0.25) is 5.02 Å². The normalized spacial score (nSPS) is 17.5. The van der Waals surface area contributed by atoms with E-state index in [-0.39, 0.29) is 23.1 Å². The van der Waals surface area contributed by atoms with Gasteiger partial charge in [-0.1, -0.05) is 75.7 Å². The van der Waals surface area contributed by atoms with Gasteiger partial charge in [-0.15, -0.1) is 0 Å². The summed E-state index contributed by atoms with van der Waals surface area (Å²) >= 11 is 6.10. The monoisotopic (exact) mass is 545 g/mol. The van der Waals surface area contributed by atoms with Crippen molar-refractivity contribution >= 4 is 29.1 Å². The summed E-state index contributed by atoms with van der Waals surface area (Å²) in [6.45, 7) is 9.69. The zero-order valence-electron chi connectivity index (χ0n) is 23.9. The molecule has 0 saturated carbocycles. The average molecular weight is 546 g/mol. The number of carbonyl (C=O) groups is 2. The molecule has 1 N–H and O–H groups in total. The third kappa shape index (κ3) is 6.65. The molecule has 0 radical (unpaired) electrons. The number of anilines is 1. The quantitative estimate of drug-likeness (QED) is 0.352. The zero-order valence-corrected chi connectivity index (χ0v) is 24.6. The smallest absolute Gasteiger partial charge is 0.251 e. The first-order valence-electron chi connectivity index (χ1n) is 13.7. The number of rotatable bonds is 7. The van der Waals surface area contributed by atoms with Crippen molar-refractivity contribution in [2.45, 2.75) is 46.1 Å². The number of benzene rings is 3. The number of nitrogens with zero attached hydrogens (tertiary/aromatic N) is 2. The molecule has 4 rings (SSSR count). The Balaban J connectivity index is 1.47. The number of nitrogens with one attached hydrogen (secondary N) is 1. The van der Waals surface area contributed by atoms with E-state index < -0.39 is 6.04 Å². The Morgan fingerprint density at radius 2 is 1.64 bits per heavy atom.